The van der Waals surface area contributed by atoms with Crippen molar-refractivity contribution in [2.24, 2.45) is 0 Å². The van der Waals surface area contributed by atoms with Crippen molar-refractivity contribution in [2.75, 3.05) is 0 Å². The minimum atomic E-state index is -5.84. The van der Waals surface area contributed by atoms with E-state index in [0.29, 0.717) is 5.02 Å². The molecule has 0 spiro atoms. The molecule has 92 valence electrons. The van der Waals surface area contributed by atoms with E-state index in [-0.39, 0.29) is 5.75 Å². The van der Waals surface area contributed by atoms with Gasteiger partial charge in [0.25, 0.3) is 0 Å². The average Bonchev–Trinajstić information content (AvgIpc) is 2.00. The maximum absolute atomic E-state index is 10.7. The van der Waals surface area contributed by atoms with Crippen molar-refractivity contribution in [1.82, 2.24) is 0 Å². The maximum atomic E-state index is 10.7. The third kappa shape index (κ3) is 5.79. The Kier molecular flexibility index (Phi) is 5.04. The molecule has 0 saturated carbocycles. The lowest BCUT2D eigenvalue weighted by Crippen LogP contribution is -2.21. The lowest BCUT2D eigenvalue weighted by molar-refractivity contribution is -0.0510. The van der Waals surface area contributed by atoms with E-state index < -0.39 is 15.6 Å². The van der Waals surface area contributed by atoms with Gasteiger partial charge in [-0.1, -0.05) is 17.7 Å². The number of benzene rings is 1. The Labute approximate surface area is 94.0 Å². The summed E-state index contributed by atoms with van der Waals surface area (Å²) in [6, 6.07) is 6.46. The molecule has 1 rings (SSSR count). The van der Waals surface area contributed by atoms with Crippen LogP contribution in [0.2, 0.25) is 5.02 Å². The molecule has 0 radical (unpaired) electrons. The molecule has 1 aromatic rings. The van der Waals surface area contributed by atoms with Gasteiger partial charge in [-0.2, -0.15) is 21.6 Å². The van der Waals surface area contributed by atoms with Crippen molar-refractivity contribution in [3.8, 4) is 5.75 Å². The van der Waals surface area contributed by atoms with Gasteiger partial charge < -0.3 is 5.11 Å². The third-order valence-corrected chi connectivity index (χ3v) is 1.92. The van der Waals surface area contributed by atoms with Crippen LogP contribution in [0.4, 0.5) is 13.2 Å². The maximum Gasteiger partial charge on any atom is 0.522 e. The average molecular weight is 279 g/mol. The lowest BCUT2D eigenvalue weighted by Gasteiger charge is -1.97. The van der Waals surface area contributed by atoms with Crippen LogP contribution in [-0.4, -0.2) is 23.6 Å². The van der Waals surface area contributed by atoms with Gasteiger partial charge >= 0.3 is 15.6 Å². The van der Waals surface area contributed by atoms with E-state index in [9.17, 15) is 13.2 Å². The van der Waals surface area contributed by atoms with Crippen LogP contribution in [0, 0.1) is 0 Å². The van der Waals surface area contributed by atoms with Gasteiger partial charge in [-0.25, -0.2) is 0 Å². The zero-order chi connectivity index (χ0) is 13.0. The highest BCUT2D eigenvalue weighted by molar-refractivity contribution is 7.86. The molecule has 0 atom stereocenters. The molecule has 0 heterocycles. The zero-order valence-electron chi connectivity index (χ0n) is 7.44. The van der Waals surface area contributed by atoms with Crippen LogP contribution >= 0.6 is 11.6 Å². The van der Waals surface area contributed by atoms with E-state index in [1.165, 1.54) is 6.07 Å². The summed E-state index contributed by atoms with van der Waals surface area (Å²) >= 11 is 5.48. The van der Waals surface area contributed by atoms with E-state index in [1.807, 2.05) is 0 Å². The summed E-state index contributed by atoms with van der Waals surface area (Å²) in [5, 5.41) is 9.29. The number of aromatic hydroxyl groups is 1. The molecule has 9 heteroatoms. The Bertz CT molecular complexity index is 426. The molecular formula is C7H6ClF3O4S. The highest BCUT2D eigenvalue weighted by Gasteiger charge is 2.44. The molecule has 2 N–H and O–H groups in total. The van der Waals surface area contributed by atoms with Gasteiger partial charge in [0.2, 0.25) is 0 Å². The van der Waals surface area contributed by atoms with Crippen LogP contribution in [-0.2, 0) is 10.1 Å². The molecule has 0 unspecified atom stereocenters. The van der Waals surface area contributed by atoms with Gasteiger partial charge in [0.15, 0.2) is 0 Å². The third-order valence-electron chi connectivity index (χ3n) is 1.10. The van der Waals surface area contributed by atoms with Crippen molar-refractivity contribution < 1.29 is 31.2 Å². The fourth-order valence-corrected chi connectivity index (χ4v) is 0.661. The van der Waals surface area contributed by atoms with Crippen LogP contribution in [0.1, 0.15) is 0 Å². The second kappa shape index (κ2) is 5.37. The van der Waals surface area contributed by atoms with Crippen molar-refractivity contribution in [3.05, 3.63) is 29.3 Å². The van der Waals surface area contributed by atoms with Crippen molar-refractivity contribution in [1.29, 1.82) is 0 Å². The van der Waals surface area contributed by atoms with Gasteiger partial charge in [0, 0.05) is 5.02 Å². The fraction of sp³-hybridized carbons (Fsp3) is 0.143. The quantitative estimate of drug-likeness (QED) is 0.565. The second-order valence-electron chi connectivity index (χ2n) is 2.40. The monoisotopic (exact) mass is 278 g/mol. The van der Waals surface area contributed by atoms with Gasteiger partial charge in [0.05, 0.1) is 0 Å². The molecule has 4 nitrogen and oxygen atoms in total. The van der Waals surface area contributed by atoms with Gasteiger partial charge in [-0.05, 0) is 18.2 Å². The van der Waals surface area contributed by atoms with Crippen LogP contribution in [0.15, 0.2) is 24.3 Å². The van der Waals surface area contributed by atoms with E-state index >= 15 is 0 Å². The second-order valence-corrected chi connectivity index (χ2v) is 4.25. The van der Waals surface area contributed by atoms with Crippen LogP contribution in [0.25, 0.3) is 0 Å². The predicted molar refractivity (Wildman–Crippen MR) is 50.7 cm³/mol. The first kappa shape index (κ1) is 15.0. The van der Waals surface area contributed by atoms with E-state index in [4.69, 9.17) is 29.7 Å². The molecule has 0 aliphatic carbocycles. The van der Waals surface area contributed by atoms with Crippen LogP contribution in [0.3, 0.4) is 0 Å². The van der Waals surface area contributed by atoms with E-state index in [1.54, 1.807) is 18.2 Å². The summed E-state index contributed by atoms with van der Waals surface area (Å²) in [5.74, 6) is 0.206. The molecule has 0 aliphatic heterocycles. The Morgan fingerprint density at radius 2 is 1.69 bits per heavy atom. The summed E-state index contributed by atoms with van der Waals surface area (Å²) in [5.41, 5.74) is -5.53. The first-order chi connectivity index (χ1) is 7.04. The SMILES string of the molecule is O=S(=O)(O)C(F)(F)F.Oc1cccc(Cl)c1. The highest BCUT2D eigenvalue weighted by atomic mass is 35.5. The molecule has 16 heavy (non-hydrogen) atoms. The summed E-state index contributed by atoms with van der Waals surface area (Å²) in [7, 11) is -5.84. The predicted octanol–water partition coefficient (Wildman–Crippen LogP) is 2.44. The Balaban J connectivity index is 0.000000281. The number of phenols is 1. The summed E-state index contributed by atoms with van der Waals surface area (Å²) in [6.07, 6.45) is 0. The smallest absolute Gasteiger partial charge is 0.508 e. The van der Waals surface area contributed by atoms with Crippen molar-refractivity contribution in [2.45, 2.75) is 5.51 Å². The number of alkyl halides is 3. The Hall–Kier alpha value is -0.990. The zero-order valence-corrected chi connectivity index (χ0v) is 9.01. The fourth-order valence-electron chi connectivity index (χ4n) is 0.476. The van der Waals surface area contributed by atoms with Gasteiger partial charge in [-0.3, -0.25) is 4.55 Å². The molecule has 0 aromatic heterocycles. The van der Waals surface area contributed by atoms with E-state index in [2.05, 4.69) is 0 Å². The normalized spacial score (nSPS) is 11.6. The number of phenolic OH excluding ortho intramolecular Hbond substituents is 1. The van der Waals surface area contributed by atoms with Crippen molar-refractivity contribution >= 4 is 21.7 Å². The highest BCUT2D eigenvalue weighted by Crippen LogP contribution is 2.20. The summed E-state index contributed by atoms with van der Waals surface area (Å²) in [4.78, 5) is 0. The molecule has 0 bridgehead atoms. The first-order valence-electron chi connectivity index (χ1n) is 3.52. The summed E-state index contributed by atoms with van der Waals surface area (Å²) in [6.45, 7) is 0. The number of rotatable bonds is 0. The minimum Gasteiger partial charge on any atom is -0.508 e. The van der Waals surface area contributed by atoms with Crippen LogP contribution < -0.4 is 0 Å². The first-order valence-corrected chi connectivity index (χ1v) is 5.34. The number of hydrogen-bond acceptors (Lipinski definition) is 3. The number of hydrogen-bond donors (Lipinski definition) is 2. The van der Waals surface area contributed by atoms with Crippen LogP contribution in [0.5, 0.6) is 5.75 Å². The number of halogens is 4. The molecule has 0 fully saturated rings. The summed E-state index contributed by atoms with van der Waals surface area (Å²) < 4.78 is 57.5. The van der Waals surface area contributed by atoms with Gasteiger partial charge in [-0.15, -0.1) is 0 Å². The molecule has 0 aliphatic rings. The van der Waals surface area contributed by atoms with Crippen molar-refractivity contribution in [3.63, 3.8) is 0 Å². The molecule has 1 aromatic carbocycles. The van der Waals surface area contributed by atoms with Gasteiger partial charge in [0.1, 0.15) is 5.75 Å². The minimum absolute atomic E-state index is 0.206. The molecular weight excluding hydrogens is 273 g/mol. The topological polar surface area (TPSA) is 74.6 Å². The largest absolute Gasteiger partial charge is 0.522 e. The Morgan fingerprint density at radius 3 is 1.88 bits per heavy atom. The molecule has 0 amide bonds. The Morgan fingerprint density at radius 1 is 1.25 bits per heavy atom. The van der Waals surface area contributed by atoms with E-state index in [0.717, 1.165) is 0 Å². The molecule has 0 saturated heterocycles. The standard InChI is InChI=1S/C6H5ClO.CHF3O3S/c7-5-2-1-3-6(8)4-5;2-1(3,4)8(5,6)7/h1-4,8H;(H,5,6,7). The lowest BCUT2D eigenvalue weighted by atomic mass is 10.3.